The number of anilines is 1. The van der Waals surface area contributed by atoms with Crippen LogP contribution in [0.5, 0.6) is 5.75 Å². The van der Waals surface area contributed by atoms with Gasteiger partial charge in [-0.3, -0.25) is 9.59 Å². The predicted octanol–water partition coefficient (Wildman–Crippen LogP) is 6.24. The number of nitrogens with one attached hydrogen (secondary N) is 2. The molecule has 0 spiro atoms. The summed E-state index contributed by atoms with van der Waals surface area (Å²) in [5, 5.41) is 20.2. The molecule has 3 unspecified atom stereocenters. The Morgan fingerprint density at radius 1 is 1.06 bits per heavy atom. The molecule has 4 saturated carbocycles. The van der Waals surface area contributed by atoms with Gasteiger partial charge in [-0.25, -0.2) is 4.39 Å². The van der Waals surface area contributed by atoms with E-state index >= 15 is 0 Å². The van der Waals surface area contributed by atoms with Crippen LogP contribution in [-0.4, -0.2) is 48.0 Å². The van der Waals surface area contributed by atoms with Crippen molar-refractivity contribution in [2.45, 2.75) is 75.8 Å². The van der Waals surface area contributed by atoms with Gasteiger partial charge >= 0.3 is 6.18 Å². The molecule has 2 bridgehead atoms. The van der Waals surface area contributed by atoms with E-state index in [9.17, 15) is 32.3 Å². The van der Waals surface area contributed by atoms with Crippen LogP contribution in [0, 0.1) is 35.4 Å². The van der Waals surface area contributed by atoms with Crippen molar-refractivity contribution >= 4 is 23.2 Å². The van der Waals surface area contributed by atoms with Crippen molar-refractivity contribution in [1.29, 1.82) is 0 Å². The molecule has 12 heteroatoms. The SMILES string of the molecule is COc1ccc(C2=NOC3CC(O)CC23)cc1C(=O)N[C@@H]1[C@@H](CC(=O)Nc2ccc(F)c(C(F)(F)F)c2)[C@H]2CC[C@@H]1/C2=C\C1CCC1. The largest absolute Gasteiger partial charge is 0.496 e. The van der Waals surface area contributed by atoms with E-state index < -0.39 is 29.6 Å². The molecule has 1 heterocycles. The normalized spacial score (nSPS) is 30.5. The van der Waals surface area contributed by atoms with Crippen LogP contribution in [0.2, 0.25) is 0 Å². The number of hydrogen-bond donors (Lipinski definition) is 3. The molecule has 5 aliphatic rings. The number of alkyl halides is 3. The van der Waals surface area contributed by atoms with E-state index in [1.807, 2.05) is 6.07 Å². The van der Waals surface area contributed by atoms with Gasteiger partial charge in [-0.1, -0.05) is 23.2 Å². The van der Waals surface area contributed by atoms with Gasteiger partial charge < -0.3 is 25.3 Å². The molecule has 0 radical (unpaired) electrons. The van der Waals surface area contributed by atoms with Crippen LogP contribution >= 0.6 is 0 Å². The minimum Gasteiger partial charge on any atom is -0.496 e. The molecule has 0 saturated heterocycles. The molecule has 4 aliphatic carbocycles. The highest BCUT2D eigenvalue weighted by atomic mass is 19.4. The van der Waals surface area contributed by atoms with Crippen molar-refractivity contribution in [1.82, 2.24) is 5.32 Å². The standard InChI is InChI=1S/C35H37F4N3O5/c1-46-29-10-5-18(32-25-14-20(43)15-30(25)47-42-32)12-26(29)34(45)41-33-22-8-7-21(23(22)11-17-3-2-4-17)24(33)16-31(44)40-19-6-9-28(36)27(13-19)35(37,38)39/h5-6,9-13,17,20-22,24-25,30,33,43H,2-4,7-8,14-16H2,1H3,(H,40,44)(H,41,45)/b23-11-/t20?,21-,22+,24-,25?,30?,33-/m0/s1. The van der Waals surface area contributed by atoms with E-state index in [1.54, 1.807) is 12.1 Å². The maximum absolute atomic E-state index is 14.0. The summed E-state index contributed by atoms with van der Waals surface area (Å²) in [6.45, 7) is 0. The number of amides is 2. The molecular formula is C35H37F4N3O5. The average Bonchev–Trinajstić information content (AvgIpc) is 3.75. The van der Waals surface area contributed by atoms with E-state index in [1.165, 1.54) is 19.1 Å². The van der Waals surface area contributed by atoms with E-state index in [2.05, 4.69) is 21.9 Å². The van der Waals surface area contributed by atoms with Crippen LogP contribution in [-0.2, 0) is 15.8 Å². The van der Waals surface area contributed by atoms with Gasteiger partial charge in [0.05, 0.1) is 30.1 Å². The van der Waals surface area contributed by atoms with Crippen LogP contribution in [0.4, 0.5) is 23.2 Å². The first kappa shape index (κ1) is 31.7. The Morgan fingerprint density at radius 3 is 2.57 bits per heavy atom. The molecule has 1 aliphatic heterocycles. The van der Waals surface area contributed by atoms with Gasteiger partial charge in [0.15, 0.2) is 0 Å². The first-order valence-corrected chi connectivity index (χ1v) is 16.3. The van der Waals surface area contributed by atoms with Crippen LogP contribution in [0.25, 0.3) is 0 Å². The monoisotopic (exact) mass is 655 g/mol. The molecule has 2 aromatic rings. The number of benzene rings is 2. The number of aliphatic hydroxyl groups excluding tert-OH is 1. The zero-order valence-electron chi connectivity index (χ0n) is 25.9. The molecular weight excluding hydrogens is 618 g/mol. The third-order valence-electron chi connectivity index (χ3n) is 10.8. The summed E-state index contributed by atoms with van der Waals surface area (Å²) in [4.78, 5) is 32.9. The Bertz CT molecular complexity index is 1640. The molecule has 250 valence electrons. The highest BCUT2D eigenvalue weighted by molar-refractivity contribution is 6.06. The lowest BCUT2D eigenvalue weighted by Crippen LogP contribution is -2.45. The Morgan fingerprint density at radius 2 is 1.85 bits per heavy atom. The number of allylic oxidation sites excluding steroid dienone is 1. The number of ether oxygens (including phenoxy) is 1. The van der Waals surface area contributed by atoms with Gasteiger partial charge in [-0.05, 0) is 86.3 Å². The topological polar surface area (TPSA) is 109 Å². The highest BCUT2D eigenvalue weighted by Gasteiger charge is 2.52. The number of nitrogens with zero attached hydrogens (tertiary/aromatic N) is 1. The number of rotatable bonds is 8. The lowest BCUT2D eigenvalue weighted by molar-refractivity contribution is -0.140. The molecule has 7 rings (SSSR count). The quantitative estimate of drug-likeness (QED) is 0.231. The average molecular weight is 656 g/mol. The number of halogens is 4. The number of carbonyl (C=O) groups is 2. The molecule has 3 N–H and O–H groups in total. The van der Waals surface area contributed by atoms with Crippen LogP contribution < -0.4 is 15.4 Å². The Hall–Kier alpha value is -3.93. The number of carbonyl (C=O) groups excluding carboxylic acids is 2. The zero-order valence-corrected chi connectivity index (χ0v) is 25.9. The number of methoxy groups -OCH3 is 1. The Balaban J connectivity index is 1.13. The molecule has 8 nitrogen and oxygen atoms in total. The first-order valence-electron chi connectivity index (χ1n) is 16.3. The Kier molecular flexibility index (Phi) is 8.26. The van der Waals surface area contributed by atoms with E-state index in [4.69, 9.17) is 9.57 Å². The summed E-state index contributed by atoms with van der Waals surface area (Å²) < 4.78 is 59.3. The summed E-state index contributed by atoms with van der Waals surface area (Å²) >= 11 is 0. The van der Waals surface area contributed by atoms with Crippen LogP contribution in [0.3, 0.4) is 0 Å². The van der Waals surface area contributed by atoms with Gasteiger partial charge in [0.25, 0.3) is 5.91 Å². The second kappa shape index (κ2) is 12.3. The Labute approximate surface area is 269 Å². The van der Waals surface area contributed by atoms with Crippen molar-refractivity contribution < 1.29 is 41.8 Å². The smallest absolute Gasteiger partial charge is 0.419 e. The zero-order chi connectivity index (χ0) is 33.0. The number of fused-ring (bicyclic) bond motifs is 3. The van der Waals surface area contributed by atoms with Crippen molar-refractivity contribution in [3.63, 3.8) is 0 Å². The van der Waals surface area contributed by atoms with Gasteiger partial charge in [-0.2, -0.15) is 13.2 Å². The number of oxime groups is 1. The fraction of sp³-hybridized carbons (Fsp3) is 0.514. The fourth-order valence-corrected chi connectivity index (χ4v) is 8.32. The molecule has 0 aromatic heterocycles. The molecule has 47 heavy (non-hydrogen) atoms. The van der Waals surface area contributed by atoms with Crippen molar-refractivity contribution in [3.05, 3.63) is 70.6 Å². The number of aliphatic hydroxyl groups is 1. The van der Waals surface area contributed by atoms with Crippen molar-refractivity contribution in [3.8, 4) is 5.75 Å². The molecule has 4 fully saturated rings. The van der Waals surface area contributed by atoms with Crippen molar-refractivity contribution in [2.75, 3.05) is 12.4 Å². The third-order valence-corrected chi connectivity index (χ3v) is 10.8. The molecule has 2 aromatic carbocycles. The summed E-state index contributed by atoms with van der Waals surface area (Å²) in [7, 11) is 1.48. The summed E-state index contributed by atoms with van der Waals surface area (Å²) in [6, 6.07) is 7.26. The van der Waals surface area contributed by atoms with Gasteiger partial charge in [0.1, 0.15) is 17.7 Å². The maximum atomic E-state index is 14.0. The van der Waals surface area contributed by atoms with E-state index in [0.29, 0.717) is 53.5 Å². The summed E-state index contributed by atoms with van der Waals surface area (Å²) in [5.41, 5.74) is 1.34. The molecule has 7 atom stereocenters. The molecule has 2 amide bonds. The van der Waals surface area contributed by atoms with Gasteiger partial charge in [0, 0.05) is 42.0 Å². The van der Waals surface area contributed by atoms with Crippen molar-refractivity contribution in [2.24, 2.45) is 34.7 Å². The second-order valence-corrected chi connectivity index (χ2v) is 13.5. The van der Waals surface area contributed by atoms with Gasteiger partial charge in [0.2, 0.25) is 5.91 Å². The summed E-state index contributed by atoms with van der Waals surface area (Å²) in [6.07, 6.45) is 2.85. The fourth-order valence-electron chi connectivity index (χ4n) is 8.32. The highest BCUT2D eigenvalue weighted by Crippen LogP contribution is 2.55. The van der Waals surface area contributed by atoms with E-state index in [-0.39, 0.29) is 53.8 Å². The maximum Gasteiger partial charge on any atom is 0.419 e. The minimum atomic E-state index is -4.90. The lowest BCUT2D eigenvalue weighted by atomic mass is 9.81. The number of hydrogen-bond acceptors (Lipinski definition) is 6. The van der Waals surface area contributed by atoms with Crippen LogP contribution in [0.1, 0.15) is 72.9 Å². The second-order valence-electron chi connectivity index (χ2n) is 13.5. The van der Waals surface area contributed by atoms with Gasteiger partial charge in [-0.15, -0.1) is 0 Å². The third kappa shape index (κ3) is 6.00. The predicted molar refractivity (Wildman–Crippen MR) is 164 cm³/mol. The van der Waals surface area contributed by atoms with Crippen LogP contribution in [0.15, 0.2) is 53.2 Å². The lowest BCUT2D eigenvalue weighted by Gasteiger charge is -2.31. The summed E-state index contributed by atoms with van der Waals surface area (Å²) in [5.74, 6) is -1.71. The first-order chi connectivity index (χ1) is 22.5. The van der Waals surface area contributed by atoms with E-state index in [0.717, 1.165) is 31.7 Å². The minimum absolute atomic E-state index is 0.0242.